The maximum absolute atomic E-state index is 13.1. The summed E-state index contributed by atoms with van der Waals surface area (Å²) >= 11 is 1.51. The summed E-state index contributed by atoms with van der Waals surface area (Å²) in [6, 6.07) is 2.96. The number of alkyl halides is 3. The predicted octanol–water partition coefficient (Wildman–Crippen LogP) is 4.56. The van der Waals surface area contributed by atoms with Crippen LogP contribution in [-0.2, 0) is 27.1 Å². The number of fused-ring (bicyclic) bond motifs is 1. The number of carbonyl (C=O) groups is 2. The number of ether oxygens (including phenoxy) is 1. The molecule has 0 saturated heterocycles. The highest BCUT2D eigenvalue weighted by Crippen LogP contribution is 2.38. The average Bonchev–Trinajstić information content (AvgIpc) is 3.09. The lowest BCUT2D eigenvalue weighted by Gasteiger charge is -2.29. The van der Waals surface area contributed by atoms with E-state index in [9.17, 15) is 27.9 Å². The summed E-state index contributed by atoms with van der Waals surface area (Å²) in [6.07, 6.45) is -1.03. The zero-order valence-corrected chi connectivity index (χ0v) is 19.4. The normalized spacial score (nSPS) is 21.4. The van der Waals surface area contributed by atoms with Gasteiger partial charge in [-0.25, -0.2) is 4.79 Å². The topological polar surface area (TPSA) is 88.0 Å². The number of nitrogens with one attached hydrogen (secondary N) is 1. The molecule has 0 saturated carbocycles. The van der Waals surface area contributed by atoms with E-state index in [4.69, 9.17) is 4.74 Å². The van der Waals surface area contributed by atoms with E-state index >= 15 is 0 Å². The van der Waals surface area contributed by atoms with Crippen LogP contribution in [0.2, 0.25) is 0 Å². The first-order chi connectivity index (χ1) is 15.3. The van der Waals surface area contributed by atoms with Crippen molar-refractivity contribution < 1.29 is 32.6 Å². The fraction of sp³-hybridized carbons (Fsp3) is 0.435. The highest BCUT2D eigenvalue weighted by atomic mass is 32.2. The van der Waals surface area contributed by atoms with Gasteiger partial charge in [0.05, 0.1) is 21.4 Å². The van der Waals surface area contributed by atoms with Crippen LogP contribution in [0.4, 0.5) is 13.2 Å². The van der Waals surface area contributed by atoms with Crippen LogP contribution in [0.25, 0.3) is 0 Å². The maximum atomic E-state index is 13.1. The number of hydrogen-bond donors (Lipinski definition) is 2. The molecule has 3 atom stereocenters. The van der Waals surface area contributed by atoms with Gasteiger partial charge in [-0.3, -0.25) is 9.79 Å². The lowest BCUT2D eigenvalue weighted by atomic mass is 9.86. The van der Waals surface area contributed by atoms with Crippen LogP contribution in [0.15, 0.2) is 52.7 Å². The Morgan fingerprint density at radius 1 is 1.21 bits per heavy atom. The molecule has 0 bridgehead atoms. The van der Waals surface area contributed by atoms with E-state index in [0.717, 1.165) is 17.2 Å². The first-order valence-corrected chi connectivity index (χ1v) is 11.1. The van der Waals surface area contributed by atoms with Gasteiger partial charge < -0.3 is 15.2 Å². The van der Waals surface area contributed by atoms with Crippen LogP contribution in [0, 0.1) is 5.41 Å². The summed E-state index contributed by atoms with van der Waals surface area (Å²) in [6.45, 7) is 6.88. The minimum absolute atomic E-state index is 0.0673. The third-order valence-corrected chi connectivity index (χ3v) is 6.37. The first kappa shape index (κ1) is 24.9. The van der Waals surface area contributed by atoms with Crippen LogP contribution in [0.3, 0.4) is 0 Å². The van der Waals surface area contributed by atoms with Crippen molar-refractivity contribution in [2.75, 3.05) is 0 Å². The number of thioether (sulfide) groups is 1. The number of carboxylic acids is 1. The second-order valence-corrected chi connectivity index (χ2v) is 10.3. The number of carbonyl (C=O) groups excluding carboxylic acids is 1. The van der Waals surface area contributed by atoms with E-state index in [0.29, 0.717) is 5.56 Å². The Morgan fingerprint density at radius 3 is 2.39 bits per heavy atom. The molecule has 33 heavy (non-hydrogen) atoms. The monoisotopic (exact) mass is 482 g/mol. The Morgan fingerprint density at radius 2 is 1.85 bits per heavy atom. The number of hydrogen-bond acceptors (Lipinski definition) is 5. The molecule has 10 heteroatoms. The second-order valence-electron chi connectivity index (χ2n) is 8.91. The standard InChI is InChI=1S/C23H25F3N2O4S/c1-12-27-17-16(33-12)10-9-15(20(29)28-19(21(30)31)22(2,3)4)18(17)32-11-13-5-7-14(8-6-13)23(24,25)26/h5-10,16-17,19H,11H2,1-4H3,(H,28,29)(H,30,31). The van der Waals surface area contributed by atoms with Crippen molar-refractivity contribution in [1.29, 1.82) is 0 Å². The van der Waals surface area contributed by atoms with Crippen molar-refractivity contribution >= 4 is 28.7 Å². The first-order valence-electron chi connectivity index (χ1n) is 10.2. The summed E-state index contributed by atoms with van der Waals surface area (Å²) in [7, 11) is 0. The highest BCUT2D eigenvalue weighted by Gasteiger charge is 2.39. The lowest BCUT2D eigenvalue weighted by molar-refractivity contribution is -0.144. The molecule has 1 aliphatic heterocycles. The summed E-state index contributed by atoms with van der Waals surface area (Å²) in [5.41, 5.74) is -0.855. The van der Waals surface area contributed by atoms with E-state index < -0.39 is 41.1 Å². The number of nitrogens with zero attached hydrogens (tertiary/aromatic N) is 1. The van der Waals surface area contributed by atoms with E-state index in [2.05, 4.69) is 10.3 Å². The number of aliphatic imine (C=N–C) groups is 1. The molecule has 1 aliphatic carbocycles. The van der Waals surface area contributed by atoms with Gasteiger partial charge >= 0.3 is 12.1 Å². The minimum atomic E-state index is -4.43. The molecule has 3 rings (SSSR count). The van der Waals surface area contributed by atoms with Gasteiger partial charge in [0.2, 0.25) is 0 Å². The molecule has 0 spiro atoms. The predicted molar refractivity (Wildman–Crippen MR) is 120 cm³/mol. The van der Waals surface area contributed by atoms with Gasteiger partial charge in [-0.2, -0.15) is 13.2 Å². The Kier molecular flexibility index (Phi) is 6.97. The van der Waals surface area contributed by atoms with E-state index in [-0.39, 0.29) is 23.2 Å². The van der Waals surface area contributed by atoms with E-state index in [1.807, 2.05) is 13.0 Å². The molecule has 2 N–H and O–H groups in total. The molecule has 1 aromatic rings. The van der Waals surface area contributed by atoms with Crippen molar-refractivity contribution in [3.05, 3.63) is 58.9 Å². The summed E-state index contributed by atoms with van der Waals surface area (Å²) in [5, 5.41) is 12.8. The molecule has 178 valence electrons. The Balaban J connectivity index is 1.87. The van der Waals surface area contributed by atoms with Gasteiger partial charge in [-0.1, -0.05) is 39.0 Å². The lowest BCUT2D eigenvalue weighted by Crippen LogP contribution is -2.49. The van der Waals surface area contributed by atoms with Gasteiger partial charge in [-0.15, -0.1) is 11.8 Å². The van der Waals surface area contributed by atoms with Gasteiger partial charge in [0.1, 0.15) is 24.4 Å². The molecule has 2 aliphatic rings. The molecule has 6 nitrogen and oxygen atoms in total. The van der Waals surface area contributed by atoms with Gasteiger partial charge in [-0.05, 0) is 36.1 Å². The second kappa shape index (κ2) is 9.24. The molecular weight excluding hydrogens is 457 g/mol. The zero-order chi connectivity index (χ0) is 24.6. The Hall–Kier alpha value is -2.75. The van der Waals surface area contributed by atoms with Crippen molar-refractivity contribution in [3.8, 4) is 0 Å². The van der Waals surface area contributed by atoms with E-state index in [1.165, 1.54) is 23.9 Å². The largest absolute Gasteiger partial charge is 0.490 e. The number of rotatable bonds is 6. The number of benzene rings is 1. The molecule has 1 heterocycles. The smallest absolute Gasteiger partial charge is 0.416 e. The molecule has 0 radical (unpaired) electrons. The minimum Gasteiger partial charge on any atom is -0.490 e. The molecule has 3 unspecified atom stereocenters. The highest BCUT2D eigenvalue weighted by molar-refractivity contribution is 8.14. The van der Waals surface area contributed by atoms with Crippen LogP contribution >= 0.6 is 11.8 Å². The van der Waals surface area contributed by atoms with Gasteiger partial charge in [0.15, 0.2) is 0 Å². The van der Waals surface area contributed by atoms with Gasteiger partial charge in [0.25, 0.3) is 5.91 Å². The van der Waals surface area contributed by atoms with Gasteiger partial charge in [0, 0.05) is 0 Å². The fourth-order valence-electron chi connectivity index (χ4n) is 3.51. The van der Waals surface area contributed by atoms with Crippen molar-refractivity contribution in [2.24, 2.45) is 10.4 Å². The van der Waals surface area contributed by atoms with Crippen molar-refractivity contribution in [1.82, 2.24) is 5.32 Å². The quantitative estimate of drug-likeness (QED) is 0.621. The SMILES string of the molecule is CC1=NC2C(OCc3ccc(C(F)(F)F)cc3)=C(C(=O)NC(C(=O)O)C(C)(C)C)C=CC2S1. The molecule has 0 aromatic heterocycles. The van der Waals surface area contributed by atoms with E-state index in [1.54, 1.807) is 26.8 Å². The third kappa shape index (κ3) is 5.79. The zero-order valence-electron chi connectivity index (χ0n) is 18.6. The fourth-order valence-corrected chi connectivity index (χ4v) is 4.54. The molecular formula is C23H25F3N2O4S. The molecule has 0 fully saturated rings. The summed E-state index contributed by atoms with van der Waals surface area (Å²) in [4.78, 5) is 29.3. The third-order valence-electron chi connectivity index (χ3n) is 5.23. The number of carboxylic acid groups (broad SMARTS) is 1. The number of amides is 1. The van der Waals surface area contributed by atoms with Crippen molar-refractivity contribution in [3.63, 3.8) is 0 Å². The van der Waals surface area contributed by atoms with Crippen LogP contribution in [-0.4, -0.2) is 39.4 Å². The maximum Gasteiger partial charge on any atom is 0.416 e. The summed E-state index contributed by atoms with van der Waals surface area (Å²) in [5.74, 6) is -1.51. The Bertz CT molecular complexity index is 1020. The Labute approximate surface area is 194 Å². The molecule has 1 aromatic carbocycles. The summed E-state index contributed by atoms with van der Waals surface area (Å²) < 4.78 is 44.4. The van der Waals surface area contributed by atoms with Crippen LogP contribution in [0.1, 0.15) is 38.8 Å². The van der Waals surface area contributed by atoms with Crippen LogP contribution < -0.4 is 5.32 Å². The number of halogens is 3. The number of aliphatic carboxylic acids is 1. The van der Waals surface area contributed by atoms with Crippen LogP contribution in [0.5, 0.6) is 0 Å². The average molecular weight is 483 g/mol. The molecule has 1 amide bonds. The van der Waals surface area contributed by atoms with Crippen molar-refractivity contribution in [2.45, 2.75) is 57.8 Å².